The zero-order valence-corrected chi connectivity index (χ0v) is 11.6. The smallest absolute Gasteiger partial charge is 0.267 e. The van der Waals surface area contributed by atoms with Gasteiger partial charge in [-0.15, -0.1) is 11.3 Å². The first kappa shape index (κ1) is 12.4. The van der Waals surface area contributed by atoms with Crippen LogP contribution in [-0.4, -0.2) is 20.4 Å². The highest BCUT2D eigenvalue weighted by Crippen LogP contribution is 2.34. The fourth-order valence-corrected chi connectivity index (χ4v) is 4.43. The van der Waals surface area contributed by atoms with Gasteiger partial charge in [-0.3, -0.25) is 0 Å². The molecule has 1 aromatic rings. The second kappa shape index (κ2) is 4.30. The molecule has 1 aromatic heterocycles. The van der Waals surface area contributed by atoms with Crippen LogP contribution in [0.15, 0.2) is 15.3 Å². The zero-order valence-electron chi connectivity index (χ0n) is 9.94. The fraction of sp³-hybridized carbons (Fsp3) is 0.500. The lowest BCUT2D eigenvalue weighted by molar-refractivity contribution is 0.591. The van der Waals surface area contributed by atoms with Crippen molar-refractivity contribution in [1.29, 1.82) is 0 Å². The van der Waals surface area contributed by atoms with Gasteiger partial charge in [0.2, 0.25) is 5.96 Å². The van der Waals surface area contributed by atoms with E-state index in [4.69, 9.17) is 0 Å². The van der Waals surface area contributed by atoms with E-state index in [1.165, 1.54) is 11.3 Å². The molecule has 0 saturated heterocycles. The third kappa shape index (κ3) is 2.30. The summed E-state index contributed by atoms with van der Waals surface area (Å²) in [6.07, 6.45) is 0.699. The molecule has 17 heavy (non-hydrogen) atoms. The van der Waals surface area contributed by atoms with E-state index in [1.54, 1.807) is 0 Å². The van der Waals surface area contributed by atoms with Crippen molar-refractivity contribution < 1.29 is 8.42 Å². The molecular formula is C10H15N3O2S2. The average molecular weight is 273 g/mol. The number of rotatable bonds is 2. The summed E-state index contributed by atoms with van der Waals surface area (Å²) in [5.41, 5.74) is 0.841. The number of guanidine groups is 1. The molecule has 2 heterocycles. The van der Waals surface area contributed by atoms with Crippen molar-refractivity contribution in [3.05, 3.63) is 10.9 Å². The van der Waals surface area contributed by atoms with Crippen molar-refractivity contribution in [1.82, 2.24) is 4.72 Å². The quantitative estimate of drug-likeness (QED) is 0.863. The molecule has 0 fully saturated rings. The number of nitrogens with zero attached hydrogens (tertiary/aromatic N) is 1. The third-order valence-electron chi connectivity index (χ3n) is 2.32. The van der Waals surface area contributed by atoms with E-state index in [1.807, 2.05) is 26.2 Å². The third-order valence-corrected chi connectivity index (χ3v) is 4.86. The van der Waals surface area contributed by atoms with Gasteiger partial charge < -0.3 is 5.32 Å². The largest absolute Gasteiger partial charge is 0.316 e. The van der Waals surface area contributed by atoms with Crippen LogP contribution in [0.2, 0.25) is 0 Å². The molecule has 7 heteroatoms. The molecule has 0 amide bonds. The molecule has 0 spiro atoms. The fourth-order valence-electron chi connectivity index (χ4n) is 1.64. The molecule has 0 aliphatic carbocycles. The van der Waals surface area contributed by atoms with E-state index >= 15 is 0 Å². The predicted octanol–water partition coefficient (Wildman–Crippen LogP) is 1.78. The summed E-state index contributed by atoms with van der Waals surface area (Å²) >= 11 is 1.40. The lowest BCUT2D eigenvalue weighted by atomic mass is 10.3. The van der Waals surface area contributed by atoms with Crippen molar-refractivity contribution >= 4 is 32.3 Å². The Morgan fingerprint density at radius 3 is 2.76 bits per heavy atom. The Bertz CT molecular complexity index is 558. The minimum Gasteiger partial charge on any atom is -0.316 e. The Balaban J connectivity index is 2.50. The van der Waals surface area contributed by atoms with Crippen molar-refractivity contribution in [3.63, 3.8) is 0 Å². The highest BCUT2D eigenvalue weighted by atomic mass is 32.2. The Morgan fingerprint density at radius 1 is 1.47 bits per heavy atom. The summed E-state index contributed by atoms with van der Waals surface area (Å²) < 4.78 is 26.6. The van der Waals surface area contributed by atoms with E-state index in [2.05, 4.69) is 15.0 Å². The number of aryl methyl sites for hydroxylation is 1. The number of anilines is 1. The summed E-state index contributed by atoms with van der Waals surface area (Å²) in [6.45, 7) is 5.73. The Kier molecular flexibility index (Phi) is 3.13. The van der Waals surface area contributed by atoms with Crippen LogP contribution in [0.4, 0.5) is 5.00 Å². The van der Waals surface area contributed by atoms with Gasteiger partial charge in [0, 0.05) is 6.04 Å². The van der Waals surface area contributed by atoms with Crippen LogP contribution in [0.25, 0.3) is 0 Å². The number of fused-ring (bicyclic) bond motifs is 1. The second-order valence-corrected chi connectivity index (χ2v) is 6.57. The monoisotopic (exact) mass is 273 g/mol. The Hall–Kier alpha value is -1.08. The summed E-state index contributed by atoms with van der Waals surface area (Å²) in [4.78, 5) is 4.56. The SMILES string of the molecule is CCc1csc2c1S(=O)(=O)NC(=NC(C)C)N2. The number of aliphatic imine (C=N–C) groups is 1. The van der Waals surface area contributed by atoms with Gasteiger partial charge in [0.05, 0.1) is 0 Å². The molecule has 0 radical (unpaired) electrons. The number of hydrogen-bond donors (Lipinski definition) is 2. The summed E-state index contributed by atoms with van der Waals surface area (Å²) in [6, 6.07) is 0.0346. The second-order valence-electron chi connectivity index (χ2n) is 4.07. The molecule has 0 unspecified atom stereocenters. The van der Waals surface area contributed by atoms with E-state index in [0.29, 0.717) is 22.3 Å². The maximum absolute atomic E-state index is 12.1. The van der Waals surface area contributed by atoms with Gasteiger partial charge in [0.1, 0.15) is 9.90 Å². The van der Waals surface area contributed by atoms with Crippen LogP contribution in [0, 0.1) is 0 Å². The number of thiophene rings is 1. The average Bonchev–Trinajstić information content (AvgIpc) is 2.59. The van der Waals surface area contributed by atoms with Gasteiger partial charge in [-0.05, 0) is 31.2 Å². The molecule has 0 saturated carbocycles. The van der Waals surface area contributed by atoms with Gasteiger partial charge in [0.15, 0.2) is 0 Å². The van der Waals surface area contributed by atoms with Crippen LogP contribution in [-0.2, 0) is 16.4 Å². The summed E-state index contributed by atoms with van der Waals surface area (Å²) in [5, 5.41) is 5.54. The molecule has 0 aromatic carbocycles. The van der Waals surface area contributed by atoms with Crippen LogP contribution < -0.4 is 10.0 Å². The van der Waals surface area contributed by atoms with Crippen molar-refractivity contribution in [2.75, 3.05) is 5.32 Å². The maximum Gasteiger partial charge on any atom is 0.267 e. The Morgan fingerprint density at radius 2 is 2.18 bits per heavy atom. The van der Waals surface area contributed by atoms with Gasteiger partial charge >= 0.3 is 0 Å². The highest BCUT2D eigenvalue weighted by molar-refractivity contribution is 7.90. The molecule has 0 atom stereocenters. The molecule has 5 nitrogen and oxygen atoms in total. The molecule has 0 bridgehead atoms. The lowest BCUT2D eigenvalue weighted by Gasteiger charge is -2.20. The van der Waals surface area contributed by atoms with E-state index < -0.39 is 10.0 Å². The van der Waals surface area contributed by atoms with Gasteiger partial charge in [-0.1, -0.05) is 6.92 Å². The van der Waals surface area contributed by atoms with Gasteiger partial charge in [-0.25, -0.2) is 18.1 Å². The van der Waals surface area contributed by atoms with Crippen LogP contribution in [0.3, 0.4) is 0 Å². The molecular weight excluding hydrogens is 258 g/mol. The first-order valence-electron chi connectivity index (χ1n) is 5.42. The standard InChI is InChI=1S/C10H15N3O2S2/c1-4-7-5-16-9-8(7)17(14,15)13-10(12-9)11-6(2)3/h5-6H,4H2,1-3H3,(H2,11,12,13). The minimum absolute atomic E-state index is 0.0346. The molecule has 1 aliphatic rings. The minimum atomic E-state index is -3.47. The van der Waals surface area contributed by atoms with Crippen molar-refractivity contribution in [3.8, 4) is 0 Å². The molecule has 2 rings (SSSR count). The first-order valence-corrected chi connectivity index (χ1v) is 7.78. The van der Waals surface area contributed by atoms with Gasteiger partial charge in [-0.2, -0.15) is 0 Å². The topological polar surface area (TPSA) is 70.6 Å². The first-order chi connectivity index (χ1) is 7.94. The molecule has 1 aliphatic heterocycles. The summed E-state index contributed by atoms with van der Waals surface area (Å²) in [7, 11) is -3.47. The predicted molar refractivity (Wildman–Crippen MR) is 70.2 cm³/mol. The zero-order chi connectivity index (χ0) is 12.6. The summed E-state index contributed by atoms with van der Waals surface area (Å²) in [5.74, 6) is 0.303. The maximum atomic E-state index is 12.1. The Labute approximate surface area is 105 Å². The molecule has 94 valence electrons. The van der Waals surface area contributed by atoms with Crippen molar-refractivity contribution in [2.45, 2.75) is 38.1 Å². The lowest BCUT2D eigenvalue weighted by Crippen LogP contribution is -2.40. The highest BCUT2D eigenvalue weighted by Gasteiger charge is 2.30. The molecule has 2 N–H and O–H groups in total. The van der Waals surface area contributed by atoms with E-state index in [-0.39, 0.29) is 6.04 Å². The van der Waals surface area contributed by atoms with E-state index in [9.17, 15) is 8.42 Å². The van der Waals surface area contributed by atoms with Crippen LogP contribution in [0.5, 0.6) is 0 Å². The normalized spacial score (nSPS) is 19.9. The number of sulfonamides is 1. The number of nitrogens with one attached hydrogen (secondary N) is 2. The van der Waals surface area contributed by atoms with Crippen molar-refractivity contribution in [2.24, 2.45) is 4.99 Å². The van der Waals surface area contributed by atoms with Crippen LogP contribution >= 0.6 is 11.3 Å². The van der Waals surface area contributed by atoms with E-state index in [0.717, 1.165) is 5.56 Å². The number of hydrogen-bond acceptors (Lipinski definition) is 4. The van der Waals surface area contributed by atoms with Crippen LogP contribution in [0.1, 0.15) is 26.3 Å². The van der Waals surface area contributed by atoms with Gasteiger partial charge in [0.25, 0.3) is 10.0 Å².